The van der Waals surface area contributed by atoms with Gasteiger partial charge in [-0.2, -0.15) is 0 Å². The van der Waals surface area contributed by atoms with E-state index in [0.29, 0.717) is 16.5 Å². The van der Waals surface area contributed by atoms with Gasteiger partial charge in [0.25, 0.3) is 5.91 Å². The molecule has 0 aliphatic carbocycles. The number of benzene rings is 2. The first-order valence-corrected chi connectivity index (χ1v) is 11.9. The van der Waals surface area contributed by atoms with Crippen LogP contribution < -0.4 is 10.6 Å². The van der Waals surface area contributed by atoms with Crippen LogP contribution in [-0.4, -0.2) is 32.3 Å². The Hall–Kier alpha value is -3.13. The first kappa shape index (κ1) is 24.5. The van der Waals surface area contributed by atoms with Gasteiger partial charge in [-0.25, -0.2) is 0 Å². The first-order chi connectivity index (χ1) is 15.7. The summed E-state index contributed by atoms with van der Waals surface area (Å²) in [6.45, 7) is 10.0. The van der Waals surface area contributed by atoms with Crippen molar-refractivity contribution in [3.8, 4) is 0 Å². The smallest absolute Gasteiger partial charge is 0.251 e. The third kappa shape index (κ3) is 6.22. The number of anilines is 1. The Morgan fingerprint density at radius 2 is 1.67 bits per heavy atom. The second-order valence-corrected chi connectivity index (χ2v) is 9.56. The average molecular weight is 466 g/mol. The zero-order valence-electron chi connectivity index (χ0n) is 20.0. The largest absolute Gasteiger partial charge is 0.342 e. The monoisotopic (exact) mass is 465 g/mol. The van der Waals surface area contributed by atoms with Crippen LogP contribution in [0.3, 0.4) is 0 Å². The molecular formula is C25H31N5O2S. The van der Waals surface area contributed by atoms with Gasteiger partial charge in [-0.1, -0.05) is 61.0 Å². The summed E-state index contributed by atoms with van der Waals surface area (Å²) in [4.78, 5) is 25.2. The number of nitrogens with zero attached hydrogens (tertiary/aromatic N) is 3. The Bertz CT molecular complexity index is 1140. The molecule has 0 aliphatic rings. The highest BCUT2D eigenvalue weighted by Crippen LogP contribution is 2.25. The maximum Gasteiger partial charge on any atom is 0.251 e. The molecule has 7 nitrogen and oxygen atoms in total. The minimum absolute atomic E-state index is 0.105. The summed E-state index contributed by atoms with van der Waals surface area (Å²) in [5.74, 6) is 0.709. The van der Waals surface area contributed by atoms with Crippen LogP contribution in [0.1, 0.15) is 52.8 Å². The molecular weight excluding hydrogens is 434 g/mol. The van der Waals surface area contributed by atoms with E-state index in [1.54, 1.807) is 0 Å². The van der Waals surface area contributed by atoms with Crippen molar-refractivity contribution in [3.05, 3.63) is 70.5 Å². The number of carbonyl (C=O) groups excluding carboxylic acids is 2. The summed E-state index contributed by atoms with van der Waals surface area (Å²) in [6, 6.07) is 13.1. The maximum absolute atomic E-state index is 12.8. The van der Waals surface area contributed by atoms with Crippen molar-refractivity contribution in [1.29, 1.82) is 0 Å². The molecule has 0 spiro atoms. The van der Waals surface area contributed by atoms with E-state index in [2.05, 4.69) is 20.8 Å². The second-order valence-electron chi connectivity index (χ2n) is 8.62. The molecule has 0 unspecified atom stereocenters. The number of hydrogen-bond donors (Lipinski definition) is 2. The zero-order valence-corrected chi connectivity index (χ0v) is 20.8. The number of nitrogens with one attached hydrogen (secondary N) is 2. The molecule has 1 aromatic heterocycles. The van der Waals surface area contributed by atoms with Crippen molar-refractivity contribution in [2.24, 2.45) is 13.0 Å². The van der Waals surface area contributed by atoms with Crippen LogP contribution in [-0.2, 0) is 11.8 Å². The average Bonchev–Trinajstić information content (AvgIpc) is 3.12. The Morgan fingerprint density at radius 1 is 1.00 bits per heavy atom. The predicted molar refractivity (Wildman–Crippen MR) is 132 cm³/mol. The van der Waals surface area contributed by atoms with Crippen LogP contribution >= 0.6 is 11.8 Å². The molecule has 0 aliphatic heterocycles. The van der Waals surface area contributed by atoms with E-state index >= 15 is 0 Å². The van der Waals surface area contributed by atoms with E-state index in [1.807, 2.05) is 88.7 Å². The van der Waals surface area contributed by atoms with Crippen LogP contribution in [0.4, 0.5) is 5.69 Å². The molecule has 1 atom stereocenters. The standard InChI is InChI=1S/C25H31N5O2S/c1-15(2)22(27-24(32)19-10-7-16(3)8-11-19)23-28-29-25(30(23)6)33-14-21(31)26-20-12-9-17(4)13-18(20)5/h7-13,15,22H,14H2,1-6H3,(H,26,31)(H,27,32)/t22-/m0/s1. The third-order valence-electron chi connectivity index (χ3n) is 5.40. The molecule has 0 bridgehead atoms. The molecule has 8 heteroatoms. The second kappa shape index (κ2) is 10.7. The number of aryl methyl sites for hydroxylation is 3. The number of carbonyl (C=O) groups is 2. The molecule has 0 saturated carbocycles. The summed E-state index contributed by atoms with van der Waals surface area (Å²) >= 11 is 1.31. The predicted octanol–water partition coefficient (Wildman–Crippen LogP) is 4.60. The normalized spacial score (nSPS) is 12.0. The number of rotatable bonds is 8. The summed E-state index contributed by atoms with van der Waals surface area (Å²) in [5, 5.41) is 15.2. The zero-order chi connectivity index (χ0) is 24.1. The minimum atomic E-state index is -0.310. The van der Waals surface area contributed by atoms with Gasteiger partial charge >= 0.3 is 0 Å². The van der Waals surface area contributed by atoms with Gasteiger partial charge in [0.05, 0.1) is 11.8 Å². The molecule has 3 aromatic rings. The van der Waals surface area contributed by atoms with Gasteiger partial charge in [0.1, 0.15) is 0 Å². The van der Waals surface area contributed by atoms with Crippen LogP contribution in [0, 0.1) is 26.7 Å². The molecule has 2 N–H and O–H groups in total. The molecule has 174 valence electrons. The highest BCUT2D eigenvalue weighted by Gasteiger charge is 2.25. The fourth-order valence-corrected chi connectivity index (χ4v) is 4.17. The molecule has 0 fully saturated rings. The van der Waals surface area contributed by atoms with Crippen molar-refractivity contribution in [3.63, 3.8) is 0 Å². The van der Waals surface area contributed by atoms with E-state index in [4.69, 9.17) is 0 Å². The first-order valence-electron chi connectivity index (χ1n) is 10.9. The van der Waals surface area contributed by atoms with E-state index in [-0.39, 0.29) is 29.5 Å². The summed E-state index contributed by atoms with van der Waals surface area (Å²) < 4.78 is 1.84. The molecule has 3 rings (SSSR count). The fourth-order valence-electron chi connectivity index (χ4n) is 3.45. The molecule has 2 aromatic carbocycles. The fraction of sp³-hybridized carbons (Fsp3) is 0.360. The van der Waals surface area contributed by atoms with Gasteiger partial charge in [-0.3, -0.25) is 9.59 Å². The van der Waals surface area contributed by atoms with E-state index < -0.39 is 0 Å². The van der Waals surface area contributed by atoms with Crippen molar-refractivity contribution < 1.29 is 9.59 Å². The lowest BCUT2D eigenvalue weighted by Gasteiger charge is -2.21. The Balaban J connectivity index is 1.66. The van der Waals surface area contributed by atoms with Gasteiger partial charge in [-0.15, -0.1) is 10.2 Å². The van der Waals surface area contributed by atoms with E-state index in [1.165, 1.54) is 11.8 Å². The van der Waals surface area contributed by atoms with Crippen LogP contribution in [0.2, 0.25) is 0 Å². The van der Waals surface area contributed by atoms with Gasteiger partial charge < -0.3 is 15.2 Å². The molecule has 1 heterocycles. The van der Waals surface area contributed by atoms with Crippen LogP contribution in [0.15, 0.2) is 47.6 Å². The number of amides is 2. The molecule has 33 heavy (non-hydrogen) atoms. The topological polar surface area (TPSA) is 88.9 Å². The highest BCUT2D eigenvalue weighted by atomic mass is 32.2. The third-order valence-corrected chi connectivity index (χ3v) is 6.42. The van der Waals surface area contributed by atoms with Gasteiger partial charge in [-0.05, 0) is 50.5 Å². The lowest BCUT2D eigenvalue weighted by atomic mass is 10.0. The van der Waals surface area contributed by atoms with Crippen molar-refractivity contribution in [2.45, 2.75) is 45.8 Å². The number of aromatic nitrogens is 3. The number of thioether (sulfide) groups is 1. The van der Waals surface area contributed by atoms with Crippen LogP contribution in [0.25, 0.3) is 0 Å². The lowest BCUT2D eigenvalue weighted by molar-refractivity contribution is -0.113. The molecule has 0 saturated heterocycles. The quantitative estimate of drug-likeness (QED) is 0.475. The Morgan fingerprint density at radius 3 is 2.30 bits per heavy atom. The summed E-state index contributed by atoms with van der Waals surface area (Å²) in [6.07, 6.45) is 0. The Kier molecular flexibility index (Phi) is 7.92. The Labute approximate surface area is 199 Å². The minimum Gasteiger partial charge on any atom is -0.342 e. The summed E-state index contributed by atoms with van der Waals surface area (Å²) in [5.41, 5.74) is 4.69. The number of hydrogen-bond acceptors (Lipinski definition) is 5. The van der Waals surface area contributed by atoms with Crippen LogP contribution in [0.5, 0.6) is 0 Å². The van der Waals surface area contributed by atoms with Gasteiger partial charge in [0.15, 0.2) is 11.0 Å². The molecule has 0 radical (unpaired) electrons. The lowest BCUT2D eigenvalue weighted by Crippen LogP contribution is -2.33. The van der Waals surface area contributed by atoms with Crippen molar-refractivity contribution in [1.82, 2.24) is 20.1 Å². The SMILES string of the molecule is Cc1ccc(C(=O)N[C@H](c2nnc(SCC(=O)Nc3ccc(C)cc3C)n2C)C(C)C)cc1. The molecule has 2 amide bonds. The summed E-state index contributed by atoms with van der Waals surface area (Å²) in [7, 11) is 1.85. The highest BCUT2D eigenvalue weighted by molar-refractivity contribution is 7.99. The van der Waals surface area contributed by atoms with Crippen molar-refractivity contribution >= 4 is 29.3 Å². The maximum atomic E-state index is 12.8. The van der Waals surface area contributed by atoms with E-state index in [0.717, 1.165) is 22.4 Å². The van der Waals surface area contributed by atoms with E-state index in [9.17, 15) is 9.59 Å². The van der Waals surface area contributed by atoms with Gasteiger partial charge in [0.2, 0.25) is 5.91 Å². The van der Waals surface area contributed by atoms with Crippen molar-refractivity contribution in [2.75, 3.05) is 11.1 Å². The van der Waals surface area contributed by atoms with Gasteiger partial charge in [0, 0.05) is 18.3 Å².